The standard InChI is InChI=1S/C14H20ClN3S/c15-12-1-2-14(16-11-12)18-5-3-13(4-6-18)17-7-9-19-10-8-17/h1-2,11,13H,3-10H2. The molecule has 0 N–H and O–H groups in total. The first-order valence-corrected chi connectivity index (χ1v) is 8.54. The summed E-state index contributed by atoms with van der Waals surface area (Å²) in [5.74, 6) is 3.68. The van der Waals surface area contributed by atoms with Gasteiger partial charge in [0.1, 0.15) is 5.82 Å². The third-order valence-electron chi connectivity index (χ3n) is 4.06. The molecule has 2 aliphatic rings. The molecule has 0 spiro atoms. The van der Waals surface area contributed by atoms with Crippen LogP contribution in [0.15, 0.2) is 18.3 Å². The molecule has 104 valence electrons. The van der Waals surface area contributed by atoms with Gasteiger partial charge in [0.15, 0.2) is 0 Å². The second kappa shape index (κ2) is 6.33. The fourth-order valence-electron chi connectivity index (χ4n) is 2.96. The van der Waals surface area contributed by atoms with Gasteiger partial charge in [-0.25, -0.2) is 4.98 Å². The number of thioether (sulfide) groups is 1. The van der Waals surface area contributed by atoms with Gasteiger partial charge in [-0.2, -0.15) is 11.8 Å². The number of rotatable bonds is 2. The van der Waals surface area contributed by atoms with Gasteiger partial charge < -0.3 is 4.90 Å². The Morgan fingerprint density at radius 1 is 1.11 bits per heavy atom. The first-order valence-electron chi connectivity index (χ1n) is 7.01. The van der Waals surface area contributed by atoms with Gasteiger partial charge >= 0.3 is 0 Å². The van der Waals surface area contributed by atoms with Crippen molar-refractivity contribution in [1.82, 2.24) is 9.88 Å². The molecule has 0 atom stereocenters. The van der Waals surface area contributed by atoms with Crippen molar-refractivity contribution in [2.24, 2.45) is 0 Å². The van der Waals surface area contributed by atoms with Crippen molar-refractivity contribution >= 4 is 29.2 Å². The van der Waals surface area contributed by atoms with E-state index in [4.69, 9.17) is 11.6 Å². The van der Waals surface area contributed by atoms with E-state index in [-0.39, 0.29) is 0 Å². The minimum absolute atomic E-state index is 0.712. The van der Waals surface area contributed by atoms with Crippen LogP contribution in [0.5, 0.6) is 0 Å². The molecule has 1 aromatic rings. The first kappa shape index (κ1) is 13.5. The molecule has 0 bridgehead atoms. The van der Waals surface area contributed by atoms with E-state index in [1.807, 2.05) is 12.1 Å². The van der Waals surface area contributed by atoms with Crippen LogP contribution in [0.25, 0.3) is 0 Å². The molecule has 1 aromatic heterocycles. The van der Waals surface area contributed by atoms with E-state index < -0.39 is 0 Å². The van der Waals surface area contributed by atoms with Crippen LogP contribution < -0.4 is 4.90 Å². The van der Waals surface area contributed by atoms with E-state index in [2.05, 4.69) is 26.5 Å². The highest BCUT2D eigenvalue weighted by molar-refractivity contribution is 7.99. The van der Waals surface area contributed by atoms with Crippen LogP contribution in [0, 0.1) is 0 Å². The highest BCUT2D eigenvalue weighted by Crippen LogP contribution is 2.23. The number of nitrogens with zero attached hydrogens (tertiary/aromatic N) is 3. The number of aromatic nitrogens is 1. The quantitative estimate of drug-likeness (QED) is 0.836. The van der Waals surface area contributed by atoms with Crippen molar-refractivity contribution in [3.8, 4) is 0 Å². The van der Waals surface area contributed by atoms with Gasteiger partial charge in [0.25, 0.3) is 0 Å². The number of hydrogen-bond acceptors (Lipinski definition) is 4. The van der Waals surface area contributed by atoms with E-state index in [0.29, 0.717) is 5.02 Å². The molecule has 3 heterocycles. The molecule has 3 rings (SSSR count). The highest BCUT2D eigenvalue weighted by atomic mass is 35.5. The van der Waals surface area contributed by atoms with E-state index in [0.717, 1.165) is 24.9 Å². The molecule has 0 saturated carbocycles. The lowest BCUT2D eigenvalue weighted by Gasteiger charge is -2.40. The van der Waals surface area contributed by atoms with Gasteiger partial charge in [-0.05, 0) is 25.0 Å². The lowest BCUT2D eigenvalue weighted by molar-refractivity contribution is 0.185. The Hall–Kier alpha value is -0.450. The van der Waals surface area contributed by atoms with Crippen molar-refractivity contribution in [3.05, 3.63) is 23.4 Å². The van der Waals surface area contributed by atoms with Crippen molar-refractivity contribution in [3.63, 3.8) is 0 Å². The summed E-state index contributed by atoms with van der Waals surface area (Å²) in [7, 11) is 0. The SMILES string of the molecule is Clc1ccc(N2CCC(N3CCSCC3)CC2)nc1. The average molecular weight is 298 g/mol. The van der Waals surface area contributed by atoms with Crippen LogP contribution in [0.4, 0.5) is 5.82 Å². The van der Waals surface area contributed by atoms with E-state index in [1.54, 1.807) is 6.20 Å². The third kappa shape index (κ3) is 3.36. The lowest BCUT2D eigenvalue weighted by Crippen LogP contribution is -2.47. The smallest absolute Gasteiger partial charge is 0.128 e. The Labute approximate surface area is 124 Å². The van der Waals surface area contributed by atoms with E-state index >= 15 is 0 Å². The van der Waals surface area contributed by atoms with Gasteiger partial charge in [0.05, 0.1) is 5.02 Å². The maximum absolute atomic E-state index is 5.89. The Morgan fingerprint density at radius 3 is 2.47 bits per heavy atom. The number of halogens is 1. The second-order valence-corrected chi connectivity index (χ2v) is 6.86. The minimum atomic E-state index is 0.712. The summed E-state index contributed by atoms with van der Waals surface area (Å²) in [5.41, 5.74) is 0. The summed E-state index contributed by atoms with van der Waals surface area (Å²) < 4.78 is 0. The summed E-state index contributed by atoms with van der Waals surface area (Å²) >= 11 is 7.97. The highest BCUT2D eigenvalue weighted by Gasteiger charge is 2.26. The molecule has 19 heavy (non-hydrogen) atoms. The van der Waals surface area contributed by atoms with Gasteiger partial charge in [0, 0.05) is 49.9 Å². The molecule has 0 radical (unpaired) electrons. The third-order valence-corrected chi connectivity index (χ3v) is 5.23. The monoisotopic (exact) mass is 297 g/mol. The van der Waals surface area contributed by atoms with Gasteiger partial charge in [-0.1, -0.05) is 11.6 Å². The predicted molar refractivity (Wildman–Crippen MR) is 83.4 cm³/mol. The number of pyridine rings is 1. The molecule has 2 fully saturated rings. The minimum Gasteiger partial charge on any atom is -0.357 e. The van der Waals surface area contributed by atoms with E-state index in [1.165, 1.54) is 37.4 Å². The van der Waals surface area contributed by atoms with Gasteiger partial charge in [0.2, 0.25) is 0 Å². The van der Waals surface area contributed by atoms with Crippen molar-refractivity contribution in [2.45, 2.75) is 18.9 Å². The summed E-state index contributed by atoms with van der Waals surface area (Å²) in [5, 5.41) is 0.712. The molecule has 2 aliphatic heterocycles. The maximum atomic E-state index is 5.89. The second-order valence-electron chi connectivity index (χ2n) is 5.20. The first-order chi connectivity index (χ1) is 9.33. The summed E-state index contributed by atoms with van der Waals surface area (Å²) in [6, 6.07) is 4.74. The van der Waals surface area contributed by atoms with Crippen molar-refractivity contribution in [2.75, 3.05) is 42.6 Å². The molecule has 0 unspecified atom stereocenters. The Morgan fingerprint density at radius 2 is 1.84 bits per heavy atom. The summed E-state index contributed by atoms with van der Waals surface area (Å²) in [6.07, 6.45) is 4.26. The normalized spacial score (nSPS) is 22.7. The van der Waals surface area contributed by atoms with E-state index in [9.17, 15) is 0 Å². The van der Waals surface area contributed by atoms with Crippen LogP contribution in [-0.4, -0.2) is 53.6 Å². The molecular weight excluding hydrogens is 278 g/mol. The van der Waals surface area contributed by atoms with Crippen LogP contribution in [0.3, 0.4) is 0 Å². The molecule has 0 aromatic carbocycles. The number of hydrogen-bond donors (Lipinski definition) is 0. The Bertz CT molecular complexity index is 398. The van der Waals surface area contributed by atoms with Gasteiger partial charge in [-0.3, -0.25) is 4.90 Å². The molecule has 0 aliphatic carbocycles. The van der Waals surface area contributed by atoms with Gasteiger partial charge in [-0.15, -0.1) is 0 Å². The summed E-state index contributed by atoms with van der Waals surface area (Å²) in [4.78, 5) is 9.48. The fourth-order valence-corrected chi connectivity index (χ4v) is 4.00. The maximum Gasteiger partial charge on any atom is 0.128 e. The Kier molecular flexibility index (Phi) is 4.51. The average Bonchev–Trinajstić information content (AvgIpc) is 2.49. The molecule has 2 saturated heterocycles. The fraction of sp³-hybridized carbons (Fsp3) is 0.643. The molecular formula is C14H20ClN3S. The van der Waals surface area contributed by atoms with Crippen LogP contribution >= 0.6 is 23.4 Å². The van der Waals surface area contributed by atoms with Crippen molar-refractivity contribution < 1.29 is 0 Å². The lowest BCUT2D eigenvalue weighted by atomic mass is 10.0. The topological polar surface area (TPSA) is 19.4 Å². The zero-order valence-corrected chi connectivity index (χ0v) is 12.7. The van der Waals surface area contributed by atoms with Crippen LogP contribution in [-0.2, 0) is 0 Å². The number of piperidine rings is 1. The molecule has 3 nitrogen and oxygen atoms in total. The molecule has 5 heteroatoms. The van der Waals surface area contributed by atoms with Crippen LogP contribution in [0.2, 0.25) is 5.02 Å². The molecule has 0 amide bonds. The zero-order chi connectivity index (χ0) is 13.1. The van der Waals surface area contributed by atoms with Crippen LogP contribution in [0.1, 0.15) is 12.8 Å². The zero-order valence-electron chi connectivity index (χ0n) is 11.1. The number of anilines is 1. The van der Waals surface area contributed by atoms with Crippen molar-refractivity contribution in [1.29, 1.82) is 0 Å². The Balaban J connectivity index is 1.55. The largest absolute Gasteiger partial charge is 0.357 e. The summed E-state index contributed by atoms with van der Waals surface area (Å²) in [6.45, 7) is 4.77. The predicted octanol–water partition coefficient (Wildman–Crippen LogP) is 2.75.